The summed E-state index contributed by atoms with van der Waals surface area (Å²) in [6, 6.07) is 4.82. The topological polar surface area (TPSA) is 287 Å². The number of amides is 2. The minimum Gasteiger partial charge on any atom is -0.504 e. The fourth-order valence-corrected chi connectivity index (χ4v) is 7.23. The summed E-state index contributed by atoms with van der Waals surface area (Å²) in [7, 11) is 0. The second-order valence-electron chi connectivity index (χ2n) is 20.8. The maximum atomic E-state index is 12.6. The maximum Gasteiger partial charge on any atom is 0.338 e. The van der Waals surface area contributed by atoms with Gasteiger partial charge in [0.05, 0.1) is 47.0 Å². The van der Waals surface area contributed by atoms with E-state index in [1.165, 1.54) is 12.1 Å². The summed E-state index contributed by atoms with van der Waals surface area (Å²) in [5, 5.41) is 51.1. The molecule has 4 fully saturated rings. The number of carbonyl (C=O) groups excluding carboxylic acids is 6. The van der Waals surface area contributed by atoms with Gasteiger partial charge >= 0.3 is 23.9 Å². The first-order valence-corrected chi connectivity index (χ1v) is 23.8. The second kappa shape index (κ2) is 23.5. The Morgan fingerprint density at radius 3 is 1.27 bits per heavy atom. The van der Waals surface area contributed by atoms with Crippen molar-refractivity contribution in [2.24, 2.45) is 22.7 Å². The molecule has 388 valence electrons. The van der Waals surface area contributed by atoms with Gasteiger partial charge in [-0.2, -0.15) is 0 Å². The van der Waals surface area contributed by atoms with Gasteiger partial charge in [-0.25, -0.2) is 9.59 Å². The van der Waals surface area contributed by atoms with Crippen LogP contribution in [0.5, 0.6) is 23.0 Å². The van der Waals surface area contributed by atoms with Crippen LogP contribution >= 0.6 is 0 Å². The molecule has 2 heterocycles. The smallest absolute Gasteiger partial charge is 0.338 e. The minimum absolute atomic E-state index is 0.0524. The number of aromatic hydroxyl groups is 4. The van der Waals surface area contributed by atoms with E-state index in [0.29, 0.717) is 63.5 Å². The van der Waals surface area contributed by atoms with Crippen LogP contribution in [0.3, 0.4) is 0 Å². The van der Waals surface area contributed by atoms with Crippen molar-refractivity contribution in [3.63, 3.8) is 0 Å². The van der Waals surface area contributed by atoms with Crippen molar-refractivity contribution in [1.29, 1.82) is 0 Å². The average Bonchev–Trinajstić information content (AvgIpc) is 4.04. The van der Waals surface area contributed by atoms with Crippen LogP contribution in [0.2, 0.25) is 0 Å². The number of benzene rings is 2. The Morgan fingerprint density at radius 1 is 0.614 bits per heavy atom. The molecular formula is C50H72N4O16. The average molecular weight is 985 g/mol. The second-order valence-corrected chi connectivity index (χ2v) is 20.8. The van der Waals surface area contributed by atoms with Crippen molar-refractivity contribution in [2.45, 2.75) is 117 Å². The van der Waals surface area contributed by atoms with Gasteiger partial charge in [-0.3, -0.25) is 19.2 Å². The van der Waals surface area contributed by atoms with E-state index in [2.05, 4.69) is 21.3 Å². The standard InChI is InChI=1S/2C25H36N2O8/c2*1-15-9-19(28)20(29)10-18(15)22(31)34-13-17(35-23(32)25(4)6-7-25)11-27-24(2,3)14-26-21(30)16-5-8-33-12-16/h2*9-10,16-17,27-29H,5-8,11-14H2,1-4H3,(H,26,30)/t2*16?,17-/m00/s1. The number of aryl methyl sites for hydroxylation is 2. The van der Waals surface area contributed by atoms with Crippen molar-refractivity contribution in [1.82, 2.24) is 21.3 Å². The van der Waals surface area contributed by atoms with Crippen LogP contribution in [-0.4, -0.2) is 145 Å². The van der Waals surface area contributed by atoms with E-state index in [9.17, 15) is 49.2 Å². The highest BCUT2D eigenvalue weighted by Crippen LogP contribution is 2.47. The fraction of sp³-hybridized carbons (Fsp3) is 0.640. The molecule has 2 aliphatic heterocycles. The molecule has 0 bridgehead atoms. The van der Waals surface area contributed by atoms with Gasteiger partial charge in [0.25, 0.3) is 0 Å². The summed E-state index contributed by atoms with van der Waals surface area (Å²) in [4.78, 5) is 74.9. The number of nitrogens with one attached hydrogen (secondary N) is 4. The van der Waals surface area contributed by atoms with Crippen LogP contribution < -0.4 is 21.3 Å². The van der Waals surface area contributed by atoms with Gasteiger partial charge in [-0.1, -0.05) is 0 Å². The molecule has 6 rings (SSSR count). The predicted octanol–water partition coefficient (Wildman–Crippen LogP) is 3.59. The lowest BCUT2D eigenvalue weighted by Gasteiger charge is -2.30. The van der Waals surface area contributed by atoms with Crippen LogP contribution in [0.4, 0.5) is 0 Å². The summed E-state index contributed by atoms with van der Waals surface area (Å²) < 4.78 is 32.7. The zero-order chi connectivity index (χ0) is 51.6. The van der Waals surface area contributed by atoms with E-state index in [1.807, 2.05) is 41.5 Å². The highest BCUT2D eigenvalue weighted by atomic mass is 16.6. The molecule has 4 aliphatic rings. The van der Waals surface area contributed by atoms with Gasteiger partial charge in [-0.15, -0.1) is 0 Å². The molecule has 2 saturated heterocycles. The Morgan fingerprint density at radius 2 is 0.957 bits per heavy atom. The Hall–Kier alpha value is -5.70. The van der Waals surface area contributed by atoms with E-state index in [4.69, 9.17) is 28.4 Å². The Bertz CT molecular complexity index is 2060. The van der Waals surface area contributed by atoms with Crippen LogP contribution in [0, 0.1) is 36.5 Å². The van der Waals surface area contributed by atoms with Crippen LogP contribution in [0.15, 0.2) is 24.3 Å². The zero-order valence-corrected chi connectivity index (χ0v) is 41.6. The summed E-state index contributed by atoms with van der Waals surface area (Å²) in [6.07, 6.45) is 2.90. The molecule has 20 heteroatoms. The van der Waals surface area contributed by atoms with Crippen LogP contribution in [0.1, 0.15) is 112 Å². The molecular weight excluding hydrogens is 913 g/mol. The summed E-state index contributed by atoms with van der Waals surface area (Å²) in [5.74, 6) is -4.00. The fourth-order valence-electron chi connectivity index (χ4n) is 7.23. The van der Waals surface area contributed by atoms with Crippen molar-refractivity contribution < 1.29 is 77.6 Å². The lowest BCUT2D eigenvalue weighted by atomic mass is 10.0. The largest absolute Gasteiger partial charge is 0.504 e. The van der Waals surface area contributed by atoms with E-state index in [0.717, 1.165) is 37.8 Å². The molecule has 2 aromatic carbocycles. The van der Waals surface area contributed by atoms with Gasteiger partial charge in [-0.05, 0) is 129 Å². The minimum atomic E-state index is -0.756. The number of hydrogen-bond donors (Lipinski definition) is 8. The first-order valence-electron chi connectivity index (χ1n) is 23.8. The molecule has 8 N–H and O–H groups in total. The normalized spacial score (nSPS) is 19.6. The quantitative estimate of drug-likeness (QED) is 0.0475. The summed E-state index contributed by atoms with van der Waals surface area (Å²) in [5.41, 5.74) is -0.973. The van der Waals surface area contributed by atoms with Gasteiger partial charge in [0.2, 0.25) is 11.8 Å². The highest BCUT2D eigenvalue weighted by molar-refractivity contribution is 5.92. The van der Waals surface area contributed by atoms with Crippen LogP contribution in [0.25, 0.3) is 0 Å². The van der Waals surface area contributed by atoms with Gasteiger partial charge < -0.3 is 70.1 Å². The molecule has 20 nitrogen and oxygen atoms in total. The number of rotatable bonds is 22. The summed E-state index contributed by atoms with van der Waals surface area (Å²) in [6.45, 7) is 17.3. The number of carbonyl (C=O) groups is 6. The molecule has 2 saturated carbocycles. The van der Waals surface area contributed by atoms with E-state index in [1.54, 1.807) is 13.8 Å². The molecule has 2 amide bonds. The third-order valence-corrected chi connectivity index (χ3v) is 13.0. The first kappa shape index (κ1) is 55.2. The number of esters is 4. The SMILES string of the molecule is Cc1cc(O)c(O)cc1C(=O)OC[C@H](CNC(C)(C)CNC(=O)C1CCOC1)OC(=O)C1(C)CC1.Cc1cc(O)c(O)cc1C(=O)OC[C@H](CNC(C)(C)CNC(=O)C1CCOC1)OC(=O)C1(C)CC1. The Kier molecular flexibility index (Phi) is 18.5. The molecule has 2 aromatic rings. The molecule has 0 spiro atoms. The Balaban J connectivity index is 0.000000261. The number of phenolic OH excluding ortho intramolecular Hbond substituents is 4. The van der Waals surface area contributed by atoms with Gasteiger partial charge in [0, 0.05) is 50.5 Å². The Labute approximate surface area is 408 Å². The lowest BCUT2D eigenvalue weighted by Crippen LogP contribution is -2.53. The number of ether oxygens (including phenoxy) is 6. The highest BCUT2D eigenvalue weighted by Gasteiger charge is 2.48. The number of phenols is 4. The monoisotopic (exact) mass is 984 g/mol. The third-order valence-electron chi connectivity index (χ3n) is 13.0. The van der Waals surface area contributed by atoms with Crippen molar-refractivity contribution in [3.05, 3.63) is 46.5 Å². The first-order chi connectivity index (χ1) is 32.8. The molecule has 4 atom stereocenters. The van der Waals surface area contributed by atoms with Gasteiger partial charge in [0.15, 0.2) is 23.0 Å². The molecule has 2 aliphatic carbocycles. The summed E-state index contributed by atoms with van der Waals surface area (Å²) >= 11 is 0. The van der Waals surface area contributed by atoms with Gasteiger partial charge in [0.1, 0.15) is 25.4 Å². The molecule has 70 heavy (non-hydrogen) atoms. The maximum absolute atomic E-state index is 12.6. The van der Waals surface area contributed by atoms with Crippen molar-refractivity contribution >= 4 is 35.7 Å². The van der Waals surface area contributed by atoms with Crippen molar-refractivity contribution in [3.8, 4) is 23.0 Å². The van der Waals surface area contributed by atoms with E-state index < -0.39 is 57.6 Å². The lowest BCUT2D eigenvalue weighted by molar-refractivity contribution is -0.157. The van der Waals surface area contributed by atoms with E-state index >= 15 is 0 Å². The predicted molar refractivity (Wildman–Crippen MR) is 252 cm³/mol. The molecule has 0 radical (unpaired) electrons. The van der Waals surface area contributed by atoms with Crippen molar-refractivity contribution in [2.75, 3.05) is 65.8 Å². The zero-order valence-electron chi connectivity index (χ0n) is 41.6. The van der Waals surface area contributed by atoms with Crippen LogP contribution in [-0.2, 0) is 47.6 Å². The molecule has 0 aromatic heterocycles. The molecule has 2 unspecified atom stereocenters. The van der Waals surface area contributed by atoms with E-state index in [-0.39, 0.29) is 84.5 Å². The number of hydrogen-bond acceptors (Lipinski definition) is 18. The third kappa shape index (κ3) is 16.2.